The molecule has 106 valence electrons. The summed E-state index contributed by atoms with van der Waals surface area (Å²) >= 11 is 5.93. The van der Waals surface area contributed by atoms with Crippen LogP contribution in [-0.2, 0) is 6.54 Å². The Labute approximate surface area is 118 Å². The topological polar surface area (TPSA) is 44.1 Å². The summed E-state index contributed by atoms with van der Waals surface area (Å²) < 4.78 is 30.5. The van der Waals surface area contributed by atoms with Crippen LogP contribution in [0.3, 0.4) is 0 Å². The van der Waals surface area contributed by atoms with Gasteiger partial charge in [-0.15, -0.1) is 0 Å². The van der Waals surface area contributed by atoms with Crippen LogP contribution in [0.25, 0.3) is 0 Å². The molecule has 0 aliphatic heterocycles. The third kappa shape index (κ3) is 2.80. The molecule has 20 heavy (non-hydrogen) atoms. The van der Waals surface area contributed by atoms with Gasteiger partial charge >= 0.3 is 6.61 Å². The molecule has 0 atom stereocenters. The highest BCUT2D eigenvalue weighted by Crippen LogP contribution is 2.26. The van der Waals surface area contributed by atoms with Gasteiger partial charge in [0.1, 0.15) is 11.4 Å². The average Bonchev–Trinajstić information content (AvgIpc) is 2.79. The van der Waals surface area contributed by atoms with Crippen molar-refractivity contribution in [2.24, 2.45) is 0 Å². The molecule has 0 N–H and O–H groups in total. The SMILES string of the molecule is CCn1ncc(Cl)c1C(=O)c1ccccc1OC(F)F. The maximum Gasteiger partial charge on any atom is 0.387 e. The van der Waals surface area contributed by atoms with Gasteiger partial charge in [-0.1, -0.05) is 23.7 Å². The van der Waals surface area contributed by atoms with Crippen LogP contribution in [0.1, 0.15) is 23.0 Å². The highest BCUT2D eigenvalue weighted by Gasteiger charge is 2.22. The number of benzene rings is 1. The van der Waals surface area contributed by atoms with Gasteiger partial charge in [0.15, 0.2) is 0 Å². The Morgan fingerprint density at radius 2 is 2.15 bits per heavy atom. The zero-order chi connectivity index (χ0) is 14.7. The average molecular weight is 301 g/mol. The van der Waals surface area contributed by atoms with Crippen LogP contribution in [0, 0.1) is 0 Å². The van der Waals surface area contributed by atoms with Gasteiger partial charge in [-0.05, 0) is 19.1 Å². The maximum atomic E-state index is 12.4. The third-order valence-corrected chi connectivity index (χ3v) is 2.93. The summed E-state index contributed by atoms with van der Waals surface area (Å²) in [5.41, 5.74) is 0.171. The standard InChI is InChI=1S/C13H11ClF2N2O2/c1-2-18-11(9(14)7-17-18)12(19)8-5-3-4-6-10(8)20-13(15)16/h3-7,13H,2H2,1H3. The molecule has 0 fully saturated rings. The number of carbonyl (C=O) groups excluding carboxylic acids is 1. The summed E-state index contributed by atoms with van der Waals surface area (Å²) in [5.74, 6) is -0.696. The van der Waals surface area contributed by atoms with Crippen molar-refractivity contribution in [1.82, 2.24) is 9.78 Å². The summed E-state index contributed by atoms with van der Waals surface area (Å²) in [5, 5.41) is 4.12. The molecule has 2 aromatic rings. The number of hydrogen-bond acceptors (Lipinski definition) is 3. The van der Waals surface area contributed by atoms with E-state index < -0.39 is 12.4 Å². The number of hydrogen-bond donors (Lipinski definition) is 0. The maximum absolute atomic E-state index is 12.4. The number of nitrogens with zero attached hydrogens (tertiary/aromatic N) is 2. The molecule has 0 aliphatic carbocycles. The summed E-state index contributed by atoms with van der Waals surface area (Å²) in [7, 11) is 0. The van der Waals surface area contributed by atoms with Crippen molar-refractivity contribution in [1.29, 1.82) is 0 Å². The Balaban J connectivity index is 2.46. The van der Waals surface area contributed by atoms with Crippen LogP contribution >= 0.6 is 11.6 Å². The van der Waals surface area contributed by atoms with Crippen LogP contribution in [0.15, 0.2) is 30.5 Å². The summed E-state index contributed by atoms with van der Waals surface area (Å²) in [4.78, 5) is 12.4. The number of aromatic nitrogens is 2. The first-order chi connectivity index (χ1) is 9.54. The zero-order valence-electron chi connectivity index (χ0n) is 10.5. The number of aryl methyl sites for hydroxylation is 1. The van der Waals surface area contributed by atoms with Crippen molar-refractivity contribution in [3.8, 4) is 5.75 Å². The molecule has 7 heteroatoms. The van der Waals surface area contributed by atoms with E-state index >= 15 is 0 Å². The van der Waals surface area contributed by atoms with Crippen LogP contribution < -0.4 is 4.74 Å². The van der Waals surface area contributed by atoms with Crippen LogP contribution in [0.4, 0.5) is 8.78 Å². The van der Waals surface area contributed by atoms with Crippen molar-refractivity contribution in [3.05, 3.63) is 46.7 Å². The lowest BCUT2D eigenvalue weighted by Crippen LogP contribution is -2.13. The van der Waals surface area contributed by atoms with Crippen molar-refractivity contribution >= 4 is 17.4 Å². The number of rotatable bonds is 5. The van der Waals surface area contributed by atoms with E-state index in [2.05, 4.69) is 9.84 Å². The minimum Gasteiger partial charge on any atom is -0.434 e. The van der Waals surface area contributed by atoms with Crippen molar-refractivity contribution in [2.75, 3.05) is 0 Å². The first-order valence-corrected chi connectivity index (χ1v) is 6.22. The Hall–Kier alpha value is -1.95. The second-order valence-corrected chi connectivity index (χ2v) is 4.27. The molecule has 0 unspecified atom stereocenters. The minimum atomic E-state index is -3.00. The molecular weight excluding hydrogens is 290 g/mol. The fourth-order valence-electron chi connectivity index (χ4n) is 1.81. The number of carbonyl (C=O) groups is 1. The van der Waals surface area contributed by atoms with E-state index in [0.717, 1.165) is 0 Å². The summed E-state index contributed by atoms with van der Waals surface area (Å²) in [6, 6.07) is 5.78. The minimum absolute atomic E-state index is 0.0184. The van der Waals surface area contributed by atoms with E-state index in [1.165, 1.54) is 29.1 Å². The molecule has 4 nitrogen and oxygen atoms in total. The fraction of sp³-hybridized carbons (Fsp3) is 0.231. The van der Waals surface area contributed by atoms with E-state index in [-0.39, 0.29) is 22.0 Å². The van der Waals surface area contributed by atoms with Gasteiger partial charge < -0.3 is 4.74 Å². The molecule has 1 heterocycles. The zero-order valence-corrected chi connectivity index (χ0v) is 11.3. The van der Waals surface area contributed by atoms with Crippen LogP contribution in [0.2, 0.25) is 5.02 Å². The summed E-state index contributed by atoms with van der Waals surface area (Å²) in [6.07, 6.45) is 1.34. The molecule has 2 rings (SSSR count). The van der Waals surface area contributed by atoms with Gasteiger partial charge in [0.25, 0.3) is 0 Å². The van der Waals surface area contributed by atoms with Gasteiger partial charge in [-0.25, -0.2) is 0 Å². The molecule has 0 aliphatic rings. The summed E-state index contributed by atoms with van der Waals surface area (Å²) in [6.45, 7) is -0.775. The Kier molecular flexibility index (Phi) is 4.34. The smallest absolute Gasteiger partial charge is 0.387 e. The molecule has 0 saturated heterocycles. The Morgan fingerprint density at radius 1 is 1.45 bits per heavy atom. The van der Waals surface area contributed by atoms with Gasteiger partial charge in [-0.3, -0.25) is 9.48 Å². The number of ether oxygens (including phenoxy) is 1. The molecule has 0 radical (unpaired) electrons. The second-order valence-electron chi connectivity index (χ2n) is 3.86. The lowest BCUT2D eigenvalue weighted by Gasteiger charge is -2.10. The largest absolute Gasteiger partial charge is 0.434 e. The number of halogens is 3. The van der Waals surface area contributed by atoms with Crippen LogP contribution in [0.5, 0.6) is 5.75 Å². The lowest BCUT2D eigenvalue weighted by atomic mass is 10.1. The molecule has 0 saturated carbocycles. The van der Waals surface area contributed by atoms with Gasteiger partial charge in [-0.2, -0.15) is 13.9 Å². The second kappa shape index (κ2) is 6.00. The van der Waals surface area contributed by atoms with Gasteiger partial charge in [0, 0.05) is 6.54 Å². The third-order valence-electron chi connectivity index (χ3n) is 2.66. The van der Waals surface area contributed by atoms with E-state index in [4.69, 9.17) is 11.6 Å². The quantitative estimate of drug-likeness (QED) is 0.795. The first kappa shape index (κ1) is 14.5. The van der Waals surface area contributed by atoms with Crippen LogP contribution in [-0.4, -0.2) is 22.2 Å². The molecular formula is C13H11ClF2N2O2. The van der Waals surface area contributed by atoms with E-state index in [9.17, 15) is 13.6 Å². The van der Waals surface area contributed by atoms with Crippen molar-refractivity contribution in [3.63, 3.8) is 0 Å². The Morgan fingerprint density at radius 3 is 2.80 bits per heavy atom. The number of para-hydroxylation sites is 1. The predicted octanol–water partition coefficient (Wildman–Crippen LogP) is 3.39. The highest BCUT2D eigenvalue weighted by molar-refractivity contribution is 6.34. The first-order valence-electron chi connectivity index (χ1n) is 5.84. The van der Waals surface area contributed by atoms with Gasteiger partial charge in [0.2, 0.25) is 5.78 Å². The lowest BCUT2D eigenvalue weighted by molar-refractivity contribution is -0.0501. The number of alkyl halides is 2. The Bertz CT molecular complexity index is 629. The highest BCUT2D eigenvalue weighted by atomic mass is 35.5. The molecule has 0 bridgehead atoms. The monoisotopic (exact) mass is 300 g/mol. The van der Waals surface area contributed by atoms with Gasteiger partial charge in [0.05, 0.1) is 16.8 Å². The number of ketones is 1. The fourth-order valence-corrected chi connectivity index (χ4v) is 2.04. The molecule has 0 amide bonds. The normalized spacial score (nSPS) is 10.8. The van der Waals surface area contributed by atoms with E-state index in [1.54, 1.807) is 13.0 Å². The predicted molar refractivity (Wildman–Crippen MR) is 69.4 cm³/mol. The van der Waals surface area contributed by atoms with Crippen molar-refractivity contribution < 1.29 is 18.3 Å². The molecule has 1 aromatic carbocycles. The van der Waals surface area contributed by atoms with E-state index in [1.807, 2.05) is 0 Å². The molecule has 0 spiro atoms. The van der Waals surface area contributed by atoms with E-state index in [0.29, 0.717) is 6.54 Å². The molecule has 1 aromatic heterocycles. The van der Waals surface area contributed by atoms with Crippen molar-refractivity contribution in [2.45, 2.75) is 20.1 Å².